The molecule has 1 aliphatic rings. The third-order valence-electron chi connectivity index (χ3n) is 6.30. The first kappa shape index (κ1) is 21.1. The van der Waals surface area contributed by atoms with Crippen molar-refractivity contribution in [3.8, 4) is 0 Å². The fraction of sp³-hybridized carbons (Fsp3) is 0.370. The lowest BCUT2D eigenvalue weighted by atomic mass is 9.63. The predicted octanol–water partition coefficient (Wildman–Crippen LogP) is 6.94. The van der Waals surface area contributed by atoms with Crippen LogP contribution in [0.4, 0.5) is 0 Å². The topological polar surface area (TPSA) is 26.3 Å². The molecule has 0 saturated carbocycles. The number of methoxy groups -OCH3 is 1. The number of benzene rings is 2. The molecule has 0 spiro atoms. The van der Waals surface area contributed by atoms with Crippen LogP contribution in [0.3, 0.4) is 0 Å². The molecule has 0 bridgehead atoms. The second kappa shape index (κ2) is 8.02. The third-order valence-corrected chi connectivity index (χ3v) is 6.30. The number of fused-ring (bicyclic) bond motifs is 1. The lowest BCUT2D eigenvalue weighted by molar-refractivity contribution is 0.0600. The Labute approximate surface area is 175 Å². The van der Waals surface area contributed by atoms with Crippen LogP contribution >= 0.6 is 0 Å². The minimum atomic E-state index is -0.314. The van der Waals surface area contributed by atoms with Crippen LogP contribution in [-0.2, 0) is 15.6 Å². The molecule has 2 aromatic carbocycles. The summed E-state index contributed by atoms with van der Waals surface area (Å²) < 4.78 is 4.87. The monoisotopic (exact) mass is 388 g/mol. The molecule has 0 aliphatic heterocycles. The maximum atomic E-state index is 11.9. The average molecular weight is 389 g/mol. The summed E-state index contributed by atoms with van der Waals surface area (Å²) in [5, 5.41) is 0. The largest absolute Gasteiger partial charge is 0.465 e. The molecule has 1 aliphatic carbocycles. The standard InChI is InChI=1S/C27H32O2/c1-19(10-9-12-20-11-7-8-13-22(20)25(28)29-6)21-14-15-23-24(18-21)27(4,5)17-16-26(23,2)3/h7-15,18H,16-17H2,1-6H3/b12-9+,19-10+. The number of carbonyl (C=O) groups is 1. The average Bonchev–Trinajstić information content (AvgIpc) is 2.71. The van der Waals surface area contributed by atoms with Gasteiger partial charge in [0.25, 0.3) is 0 Å². The Hall–Kier alpha value is -2.61. The Kier molecular flexibility index (Phi) is 5.84. The van der Waals surface area contributed by atoms with Crippen molar-refractivity contribution in [3.05, 3.63) is 82.4 Å². The van der Waals surface area contributed by atoms with E-state index in [9.17, 15) is 4.79 Å². The van der Waals surface area contributed by atoms with Gasteiger partial charge < -0.3 is 4.74 Å². The number of allylic oxidation sites excluding steroid dienone is 3. The Morgan fingerprint density at radius 2 is 1.62 bits per heavy atom. The highest BCUT2D eigenvalue weighted by atomic mass is 16.5. The summed E-state index contributed by atoms with van der Waals surface area (Å²) in [6.45, 7) is 11.6. The Morgan fingerprint density at radius 1 is 0.966 bits per heavy atom. The van der Waals surface area contributed by atoms with Crippen LogP contribution in [0.15, 0.2) is 54.6 Å². The van der Waals surface area contributed by atoms with Gasteiger partial charge in [-0.05, 0) is 64.5 Å². The van der Waals surface area contributed by atoms with E-state index in [0.717, 1.165) is 5.56 Å². The molecule has 29 heavy (non-hydrogen) atoms. The number of carbonyl (C=O) groups excluding carboxylic acids is 1. The van der Waals surface area contributed by atoms with Crippen molar-refractivity contribution in [2.24, 2.45) is 0 Å². The lowest BCUT2D eigenvalue weighted by Crippen LogP contribution is -2.33. The Balaban J connectivity index is 1.90. The first-order chi connectivity index (χ1) is 13.7. The zero-order valence-electron chi connectivity index (χ0n) is 18.5. The van der Waals surface area contributed by atoms with Crippen LogP contribution in [-0.4, -0.2) is 13.1 Å². The maximum absolute atomic E-state index is 11.9. The second-order valence-electron chi connectivity index (χ2n) is 9.32. The van der Waals surface area contributed by atoms with Gasteiger partial charge in [0, 0.05) is 0 Å². The van der Waals surface area contributed by atoms with E-state index >= 15 is 0 Å². The Morgan fingerprint density at radius 3 is 2.31 bits per heavy atom. The highest BCUT2D eigenvalue weighted by Crippen LogP contribution is 2.46. The van der Waals surface area contributed by atoms with Crippen molar-refractivity contribution >= 4 is 17.6 Å². The summed E-state index contributed by atoms with van der Waals surface area (Å²) in [5.74, 6) is -0.314. The van der Waals surface area contributed by atoms with Gasteiger partial charge in [0.2, 0.25) is 0 Å². The number of rotatable bonds is 4. The zero-order chi connectivity index (χ0) is 21.2. The summed E-state index contributed by atoms with van der Waals surface area (Å²) in [7, 11) is 1.41. The van der Waals surface area contributed by atoms with E-state index in [1.807, 2.05) is 30.4 Å². The summed E-state index contributed by atoms with van der Waals surface area (Å²) in [5.41, 5.74) is 7.28. The molecule has 2 nitrogen and oxygen atoms in total. The summed E-state index contributed by atoms with van der Waals surface area (Å²) in [6, 6.07) is 14.4. The first-order valence-electron chi connectivity index (χ1n) is 10.3. The van der Waals surface area contributed by atoms with E-state index in [1.54, 1.807) is 6.07 Å². The van der Waals surface area contributed by atoms with Gasteiger partial charge in [0.1, 0.15) is 0 Å². The van der Waals surface area contributed by atoms with E-state index in [2.05, 4.69) is 58.9 Å². The van der Waals surface area contributed by atoms with E-state index < -0.39 is 0 Å². The van der Waals surface area contributed by atoms with Crippen LogP contribution < -0.4 is 0 Å². The quantitative estimate of drug-likeness (QED) is 0.419. The smallest absolute Gasteiger partial charge is 0.338 e. The lowest BCUT2D eigenvalue weighted by Gasteiger charge is -2.42. The highest BCUT2D eigenvalue weighted by molar-refractivity contribution is 5.93. The zero-order valence-corrected chi connectivity index (χ0v) is 18.5. The van der Waals surface area contributed by atoms with E-state index in [1.165, 1.54) is 42.2 Å². The van der Waals surface area contributed by atoms with Gasteiger partial charge in [-0.2, -0.15) is 0 Å². The molecule has 0 radical (unpaired) electrons. The summed E-state index contributed by atoms with van der Waals surface area (Å²) >= 11 is 0. The predicted molar refractivity (Wildman–Crippen MR) is 122 cm³/mol. The van der Waals surface area contributed by atoms with Crippen molar-refractivity contribution in [1.82, 2.24) is 0 Å². The number of esters is 1. The van der Waals surface area contributed by atoms with Crippen molar-refractivity contribution < 1.29 is 9.53 Å². The molecule has 152 valence electrons. The van der Waals surface area contributed by atoms with Crippen molar-refractivity contribution in [2.45, 2.75) is 58.3 Å². The first-order valence-corrected chi connectivity index (χ1v) is 10.3. The molecule has 0 N–H and O–H groups in total. The molecule has 0 atom stereocenters. The van der Waals surface area contributed by atoms with Gasteiger partial charge in [0.05, 0.1) is 12.7 Å². The van der Waals surface area contributed by atoms with Crippen LogP contribution in [0.5, 0.6) is 0 Å². The van der Waals surface area contributed by atoms with E-state index in [4.69, 9.17) is 4.74 Å². The molecular formula is C27H32O2. The molecule has 0 saturated heterocycles. The van der Waals surface area contributed by atoms with Crippen molar-refractivity contribution in [2.75, 3.05) is 7.11 Å². The number of hydrogen-bond donors (Lipinski definition) is 0. The number of ether oxygens (including phenoxy) is 1. The Bertz CT molecular complexity index is 974. The van der Waals surface area contributed by atoms with Gasteiger partial charge in [-0.1, -0.05) is 82.3 Å². The highest BCUT2D eigenvalue weighted by Gasteiger charge is 2.36. The van der Waals surface area contributed by atoms with Gasteiger partial charge in [-0.15, -0.1) is 0 Å². The molecule has 3 rings (SSSR count). The van der Waals surface area contributed by atoms with Crippen molar-refractivity contribution in [3.63, 3.8) is 0 Å². The second-order valence-corrected chi connectivity index (χ2v) is 9.32. The SMILES string of the molecule is COC(=O)c1ccccc1/C=C/C=C(\C)c1ccc2c(c1)C(C)(C)CCC2(C)C. The molecule has 0 fully saturated rings. The van der Waals surface area contributed by atoms with Crippen LogP contribution in [0.25, 0.3) is 11.6 Å². The molecule has 0 heterocycles. The molecule has 2 heteroatoms. The van der Waals surface area contributed by atoms with Gasteiger partial charge in [0.15, 0.2) is 0 Å². The minimum absolute atomic E-state index is 0.205. The fourth-order valence-corrected chi connectivity index (χ4v) is 4.16. The molecule has 2 aromatic rings. The van der Waals surface area contributed by atoms with E-state index in [0.29, 0.717) is 5.56 Å². The van der Waals surface area contributed by atoms with Crippen molar-refractivity contribution in [1.29, 1.82) is 0 Å². The third kappa shape index (κ3) is 4.37. The summed E-state index contributed by atoms with van der Waals surface area (Å²) in [6.07, 6.45) is 8.51. The summed E-state index contributed by atoms with van der Waals surface area (Å²) in [4.78, 5) is 11.9. The molecule has 0 unspecified atom stereocenters. The van der Waals surface area contributed by atoms with Crippen LogP contribution in [0.1, 0.15) is 80.1 Å². The van der Waals surface area contributed by atoms with Crippen LogP contribution in [0, 0.1) is 0 Å². The minimum Gasteiger partial charge on any atom is -0.465 e. The normalized spacial score (nSPS) is 17.8. The molecule has 0 aromatic heterocycles. The fourth-order valence-electron chi connectivity index (χ4n) is 4.16. The molecular weight excluding hydrogens is 356 g/mol. The number of hydrogen-bond acceptors (Lipinski definition) is 2. The molecule has 0 amide bonds. The van der Waals surface area contributed by atoms with Gasteiger partial charge in [-0.25, -0.2) is 4.79 Å². The maximum Gasteiger partial charge on any atom is 0.338 e. The van der Waals surface area contributed by atoms with Crippen LogP contribution in [0.2, 0.25) is 0 Å². The van der Waals surface area contributed by atoms with E-state index in [-0.39, 0.29) is 16.8 Å². The van der Waals surface area contributed by atoms with Gasteiger partial charge >= 0.3 is 5.97 Å². The van der Waals surface area contributed by atoms with Gasteiger partial charge in [-0.3, -0.25) is 0 Å².